The van der Waals surface area contributed by atoms with E-state index >= 15 is 0 Å². The third-order valence-corrected chi connectivity index (χ3v) is 6.89. The number of H-pyrrole nitrogens is 1. The quantitative estimate of drug-likeness (QED) is 0.313. The van der Waals surface area contributed by atoms with Crippen molar-refractivity contribution in [3.63, 3.8) is 0 Å². The molecule has 0 spiro atoms. The number of carbonyl (C=O) groups excluding carboxylic acids is 1. The van der Waals surface area contributed by atoms with Gasteiger partial charge in [0.05, 0.1) is 29.5 Å². The molecule has 1 aliphatic carbocycles. The van der Waals surface area contributed by atoms with E-state index in [4.69, 9.17) is 15.8 Å². The third-order valence-electron chi connectivity index (χ3n) is 6.89. The van der Waals surface area contributed by atoms with Crippen LogP contribution in [-0.2, 0) is 19.4 Å². The number of rotatable bonds is 8. The molecule has 202 valence electrons. The zero-order chi connectivity index (χ0) is 27.8. The minimum atomic E-state index is -0.972. The third kappa shape index (κ3) is 7.11. The summed E-state index contributed by atoms with van der Waals surface area (Å²) in [4.78, 5) is 44.0. The second-order valence-corrected chi connectivity index (χ2v) is 9.54. The van der Waals surface area contributed by atoms with Gasteiger partial charge in [0.15, 0.2) is 0 Å². The first-order valence-electron chi connectivity index (χ1n) is 12.9. The summed E-state index contributed by atoms with van der Waals surface area (Å²) in [5.41, 5.74) is 12.0. The highest BCUT2D eigenvalue weighted by atomic mass is 16.4. The molecule has 4 N–H and O–H groups in total. The lowest BCUT2D eigenvalue weighted by molar-refractivity contribution is 0.0694. The molecule has 0 saturated carbocycles. The van der Waals surface area contributed by atoms with Gasteiger partial charge in [-0.05, 0) is 62.4 Å². The van der Waals surface area contributed by atoms with Crippen molar-refractivity contribution in [2.45, 2.75) is 52.1 Å². The number of aromatic carboxylic acids is 1. The van der Waals surface area contributed by atoms with Crippen LogP contribution in [-0.4, -0.2) is 53.3 Å². The van der Waals surface area contributed by atoms with Crippen LogP contribution in [0.25, 0.3) is 0 Å². The monoisotopic (exact) mass is 527 g/mol. The number of benzene rings is 1. The van der Waals surface area contributed by atoms with Gasteiger partial charge in [-0.1, -0.05) is 18.2 Å². The molecule has 10 heteroatoms. The van der Waals surface area contributed by atoms with E-state index in [-0.39, 0.29) is 5.56 Å². The van der Waals surface area contributed by atoms with Crippen LogP contribution in [0.4, 0.5) is 0 Å². The zero-order valence-electron chi connectivity index (χ0n) is 22.2. The van der Waals surface area contributed by atoms with E-state index < -0.39 is 11.9 Å². The Morgan fingerprint density at radius 3 is 2.46 bits per heavy atom. The number of nitrogens with two attached hydrogens (primary N) is 1. The Morgan fingerprint density at radius 2 is 1.85 bits per heavy atom. The Morgan fingerprint density at radius 1 is 1.10 bits per heavy atom. The Bertz CT molecular complexity index is 1380. The van der Waals surface area contributed by atoms with Gasteiger partial charge in [0.25, 0.3) is 0 Å². The lowest BCUT2D eigenvalue weighted by atomic mass is 9.90. The van der Waals surface area contributed by atoms with E-state index in [0.29, 0.717) is 23.0 Å². The van der Waals surface area contributed by atoms with Gasteiger partial charge in [-0.3, -0.25) is 14.7 Å². The topological polar surface area (TPSA) is 151 Å². The van der Waals surface area contributed by atoms with Crippen molar-refractivity contribution in [2.24, 2.45) is 5.73 Å². The van der Waals surface area contributed by atoms with Crippen molar-refractivity contribution in [3.05, 3.63) is 106 Å². The van der Waals surface area contributed by atoms with Gasteiger partial charge in [0, 0.05) is 43.2 Å². The van der Waals surface area contributed by atoms with Crippen molar-refractivity contribution in [1.29, 1.82) is 0 Å². The fraction of sp³-hybridized carbons (Fsp3) is 0.310. The van der Waals surface area contributed by atoms with Crippen molar-refractivity contribution in [2.75, 3.05) is 6.54 Å². The molecule has 0 saturated heterocycles. The summed E-state index contributed by atoms with van der Waals surface area (Å²) in [6, 6.07) is 12.1. The van der Waals surface area contributed by atoms with Crippen LogP contribution in [0.3, 0.4) is 0 Å². The van der Waals surface area contributed by atoms with Gasteiger partial charge >= 0.3 is 5.97 Å². The predicted molar refractivity (Wildman–Crippen MR) is 146 cm³/mol. The number of carbonyl (C=O) groups is 2. The summed E-state index contributed by atoms with van der Waals surface area (Å²) in [7, 11) is 0. The molecule has 3 aromatic heterocycles. The van der Waals surface area contributed by atoms with E-state index in [1.54, 1.807) is 32.3 Å². The molecule has 0 bridgehead atoms. The second-order valence-electron chi connectivity index (χ2n) is 9.54. The molecule has 3 heterocycles. The number of nitrogens with one attached hydrogen (secondary N) is 1. The normalized spacial score (nSPS) is 14.3. The SMILES string of the molecule is Cc1ncnc(C)c1C(=O)O.NC(=O)c1ccc(CN(CCc2cnc[nH]2)C2CCCc3cccnc32)cc1. The Labute approximate surface area is 227 Å². The summed E-state index contributed by atoms with van der Waals surface area (Å²) < 4.78 is 0. The largest absolute Gasteiger partial charge is 0.478 e. The van der Waals surface area contributed by atoms with Crippen molar-refractivity contribution in [3.8, 4) is 0 Å². The van der Waals surface area contributed by atoms with Crippen molar-refractivity contribution in [1.82, 2.24) is 29.8 Å². The van der Waals surface area contributed by atoms with Gasteiger partial charge in [0.2, 0.25) is 5.91 Å². The zero-order valence-corrected chi connectivity index (χ0v) is 22.2. The molecule has 5 rings (SSSR count). The lowest BCUT2D eigenvalue weighted by Gasteiger charge is -2.35. The average Bonchev–Trinajstić information content (AvgIpc) is 3.45. The number of hydrogen-bond acceptors (Lipinski definition) is 7. The van der Waals surface area contributed by atoms with Gasteiger partial charge in [-0.15, -0.1) is 0 Å². The van der Waals surface area contributed by atoms with Crippen LogP contribution in [0.2, 0.25) is 0 Å². The number of hydrogen-bond donors (Lipinski definition) is 3. The minimum Gasteiger partial charge on any atom is -0.478 e. The molecule has 0 radical (unpaired) electrons. The number of amides is 1. The maximum absolute atomic E-state index is 11.3. The molecule has 1 aliphatic rings. The van der Waals surface area contributed by atoms with E-state index in [0.717, 1.165) is 43.6 Å². The molecular weight excluding hydrogens is 494 g/mol. The van der Waals surface area contributed by atoms with Crippen LogP contribution in [0.5, 0.6) is 0 Å². The molecular formula is C29H33N7O3. The molecule has 39 heavy (non-hydrogen) atoms. The van der Waals surface area contributed by atoms with Crippen molar-refractivity contribution < 1.29 is 14.7 Å². The molecule has 1 unspecified atom stereocenters. The van der Waals surface area contributed by atoms with Gasteiger partial charge in [0.1, 0.15) is 11.9 Å². The standard InChI is InChI=1S/C22H25N5O.C7H8N2O2/c23-22(28)18-8-6-16(7-9-18)14-27(12-10-19-13-24-15-26-19)20-5-1-3-17-4-2-11-25-21(17)20;1-4-6(7(10)11)5(2)9-3-8-4/h2,4,6-9,11,13,15,20H,1,3,5,10,12,14H2,(H2,23,28)(H,24,26);3H,1-2H3,(H,10,11). The van der Waals surface area contributed by atoms with E-state index in [9.17, 15) is 9.59 Å². The Kier molecular flexibility index (Phi) is 9.11. The van der Waals surface area contributed by atoms with E-state index in [1.165, 1.54) is 24.0 Å². The highest BCUT2D eigenvalue weighted by molar-refractivity contribution is 5.92. The summed E-state index contributed by atoms with van der Waals surface area (Å²) in [5.74, 6) is -1.37. The fourth-order valence-corrected chi connectivity index (χ4v) is 4.88. The van der Waals surface area contributed by atoms with E-state index in [2.05, 4.69) is 30.9 Å². The van der Waals surface area contributed by atoms with Crippen LogP contribution in [0.1, 0.15) is 73.5 Å². The molecule has 0 fully saturated rings. The number of aromatic nitrogens is 5. The number of aromatic amines is 1. The van der Waals surface area contributed by atoms with Gasteiger partial charge in [-0.2, -0.15) is 0 Å². The number of pyridine rings is 1. The average molecular weight is 528 g/mol. The highest BCUT2D eigenvalue weighted by Crippen LogP contribution is 2.33. The number of fused-ring (bicyclic) bond motifs is 1. The smallest absolute Gasteiger partial charge is 0.339 e. The summed E-state index contributed by atoms with van der Waals surface area (Å²) >= 11 is 0. The summed E-state index contributed by atoms with van der Waals surface area (Å²) in [5, 5.41) is 8.67. The maximum Gasteiger partial charge on any atom is 0.339 e. The summed E-state index contributed by atoms with van der Waals surface area (Å²) in [6.07, 6.45) is 11.1. The Hall–Kier alpha value is -4.44. The first kappa shape index (κ1) is 27.6. The Balaban J connectivity index is 0.000000270. The number of carboxylic acids is 1. The van der Waals surface area contributed by atoms with Crippen LogP contribution >= 0.6 is 0 Å². The number of aryl methyl sites for hydroxylation is 3. The minimum absolute atomic E-state index is 0.201. The number of primary amides is 1. The first-order valence-corrected chi connectivity index (χ1v) is 12.9. The molecule has 0 aliphatic heterocycles. The lowest BCUT2D eigenvalue weighted by Crippen LogP contribution is -2.33. The van der Waals surface area contributed by atoms with Crippen LogP contribution in [0.15, 0.2) is 61.4 Å². The molecule has 1 atom stereocenters. The number of carboxylic acid groups (broad SMARTS) is 1. The highest BCUT2D eigenvalue weighted by Gasteiger charge is 2.27. The molecule has 1 aromatic carbocycles. The number of nitrogens with zero attached hydrogens (tertiary/aromatic N) is 5. The predicted octanol–water partition coefficient (Wildman–Crippen LogP) is 3.82. The maximum atomic E-state index is 11.3. The van der Waals surface area contributed by atoms with E-state index in [1.807, 2.05) is 30.6 Å². The first-order chi connectivity index (χ1) is 18.8. The van der Waals surface area contributed by atoms with Gasteiger partial charge < -0.3 is 15.8 Å². The van der Waals surface area contributed by atoms with Gasteiger partial charge in [-0.25, -0.2) is 19.7 Å². The van der Waals surface area contributed by atoms with Crippen LogP contribution < -0.4 is 5.73 Å². The van der Waals surface area contributed by atoms with Crippen LogP contribution in [0, 0.1) is 13.8 Å². The van der Waals surface area contributed by atoms with Crippen molar-refractivity contribution >= 4 is 11.9 Å². The molecule has 4 aromatic rings. The number of imidazole rings is 1. The second kappa shape index (κ2) is 12.9. The summed E-state index contributed by atoms with van der Waals surface area (Å²) in [6.45, 7) is 5.00. The molecule has 10 nitrogen and oxygen atoms in total. The fourth-order valence-electron chi connectivity index (χ4n) is 4.88. The molecule has 1 amide bonds.